The maximum absolute atomic E-state index is 12.1. The highest BCUT2D eigenvalue weighted by Crippen LogP contribution is 2.28. The van der Waals surface area contributed by atoms with Gasteiger partial charge in [0.2, 0.25) is 5.91 Å². The Morgan fingerprint density at radius 1 is 1.37 bits per heavy atom. The number of halogens is 1. The lowest BCUT2D eigenvalue weighted by Gasteiger charge is -2.20. The number of likely N-dealkylation sites (tertiary alicyclic amines) is 1. The molecular formula is C20H31IN4O2. The van der Waals surface area contributed by atoms with Crippen LogP contribution < -0.4 is 15.4 Å². The van der Waals surface area contributed by atoms with Gasteiger partial charge >= 0.3 is 0 Å². The first-order chi connectivity index (χ1) is 12.6. The maximum atomic E-state index is 12.1. The van der Waals surface area contributed by atoms with E-state index >= 15 is 0 Å². The van der Waals surface area contributed by atoms with Crippen molar-refractivity contribution in [1.29, 1.82) is 0 Å². The zero-order chi connectivity index (χ0) is 18.5. The summed E-state index contributed by atoms with van der Waals surface area (Å²) in [5.74, 6) is 2.06. The molecule has 6 nitrogen and oxygen atoms in total. The molecule has 2 N–H and O–H groups in total. The van der Waals surface area contributed by atoms with Crippen LogP contribution in [0.2, 0.25) is 0 Å². The molecule has 2 aliphatic rings. The van der Waals surface area contributed by atoms with Gasteiger partial charge in [0.25, 0.3) is 0 Å². The van der Waals surface area contributed by atoms with Crippen molar-refractivity contribution < 1.29 is 9.53 Å². The summed E-state index contributed by atoms with van der Waals surface area (Å²) in [4.78, 5) is 18.8. The first-order valence-electron chi connectivity index (χ1n) is 9.65. The first-order valence-corrected chi connectivity index (χ1v) is 9.65. The molecule has 0 radical (unpaired) electrons. The Balaban J connectivity index is 0.00000261. The summed E-state index contributed by atoms with van der Waals surface area (Å²) in [6.45, 7) is 8.94. The number of nitrogens with one attached hydrogen (secondary N) is 2. The molecular weight excluding hydrogens is 455 g/mol. The Morgan fingerprint density at radius 3 is 2.85 bits per heavy atom. The fourth-order valence-electron chi connectivity index (χ4n) is 3.51. The topological polar surface area (TPSA) is 66.0 Å². The summed E-state index contributed by atoms with van der Waals surface area (Å²) in [5, 5.41) is 6.78. The van der Waals surface area contributed by atoms with E-state index in [2.05, 4.69) is 23.6 Å². The van der Waals surface area contributed by atoms with Gasteiger partial charge in [-0.1, -0.05) is 32.0 Å². The lowest BCUT2D eigenvalue weighted by atomic mass is 10.1. The monoisotopic (exact) mass is 486 g/mol. The molecule has 2 heterocycles. The highest BCUT2D eigenvalue weighted by molar-refractivity contribution is 14.0. The van der Waals surface area contributed by atoms with Crippen LogP contribution >= 0.6 is 24.0 Å². The second kappa shape index (κ2) is 10.1. The van der Waals surface area contributed by atoms with E-state index in [1.807, 2.05) is 36.9 Å². The molecule has 0 saturated carbocycles. The predicted octanol–water partition coefficient (Wildman–Crippen LogP) is 2.42. The molecule has 2 aliphatic heterocycles. The van der Waals surface area contributed by atoms with E-state index in [9.17, 15) is 4.79 Å². The second-order valence-corrected chi connectivity index (χ2v) is 7.34. The zero-order valence-corrected chi connectivity index (χ0v) is 18.7. The van der Waals surface area contributed by atoms with Gasteiger partial charge in [0.1, 0.15) is 11.9 Å². The van der Waals surface area contributed by atoms with Gasteiger partial charge in [0.05, 0.1) is 6.54 Å². The molecule has 1 amide bonds. The first kappa shape index (κ1) is 21.8. The van der Waals surface area contributed by atoms with Gasteiger partial charge in [-0.3, -0.25) is 4.79 Å². The van der Waals surface area contributed by atoms with Crippen molar-refractivity contribution in [3.8, 4) is 5.75 Å². The van der Waals surface area contributed by atoms with Crippen LogP contribution in [0.15, 0.2) is 29.3 Å². The zero-order valence-electron chi connectivity index (χ0n) is 16.4. The minimum absolute atomic E-state index is 0. The summed E-state index contributed by atoms with van der Waals surface area (Å²) >= 11 is 0. The van der Waals surface area contributed by atoms with Crippen LogP contribution in [0.3, 0.4) is 0 Å². The van der Waals surface area contributed by atoms with Gasteiger partial charge in [-0.2, -0.15) is 0 Å². The quantitative estimate of drug-likeness (QED) is 0.381. The van der Waals surface area contributed by atoms with Gasteiger partial charge in [-0.05, 0) is 25.0 Å². The summed E-state index contributed by atoms with van der Waals surface area (Å²) in [7, 11) is 0. The number of hydrogen-bond acceptors (Lipinski definition) is 3. The van der Waals surface area contributed by atoms with Gasteiger partial charge in [0.15, 0.2) is 5.96 Å². The van der Waals surface area contributed by atoms with E-state index in [0.717, 1.165) is 44.2 Å². The van der Waals surface area contributed by atoms with E-state index in [-0.39, 0.29) is 47.9 Å². The van der Waals surface area contributed by atoms with Gasteiger partial charge in [-0.25, -0.2) is 4.99 Å². The third kappa shape index (κ3) is 5.73. The average Bonchev–Trinajstić information content (AvgIpc) is 3.25. The van der Waals surface area contributed by atoms with E-state index < -0.39 is 0 Å². The van der Waals surface area contributed by atoms with Crippen LogP contribution in [0.25, 0.3) is 0 Å². The molecule has 0 spiro atoms. The number of hydrogen-bond donors (Lipinski definition) is 2. The summed E-state index contributed by atoms with van der Waals surface area (Å²) in [6, 6.07) is 8.42. The fourth-order valence-corrected chi connectivity index (χ4v) is 3.51. The van der Waals surface area contributed by atoms with E-state index in [0.29, 0.717) is 6.54 Å². The lowest BCUT2D eigenvalue weighted by molar-refractivity contribution is -0.133. The summed E-state index contributed by atoms with van der Waals surface area (Å²) in [5.41, 5.74) is 1.25. The molecule has 27 heavy (non-hydrogen) atoms. The number of guanidine groups is 1. The maximum Gasteiger partial charge on any atom is 0.225 e. The fraction of sp³-hybridized carbons (Fsp3) is 0.600. The Morgan fingerprint density at radius 2 is 2.15 bits per heavy atom. The van der Waals surface area contributed by atoms with Crippen LogP contribution in [0.1, 0.15) is 32.8 Å². The van der Waals surface area contributed by atoms with Crippen LogP contribution in [0.5, 0.6) is 5.75 Å². The van der Waals surface area contributed by atoms with Crippen LogP contribution in [0, 0.1) is 5.92 Å². The highest BCUT2D eigenvalue weighted by Gasteiger charge is 2.28. The number of fused-ring (bicyclic) bond motifs is 1. The highest BCUT2D eigenvalue weighted by atomic mass is 127. The Kier molecular flexibility index (Phi) is 8.19. The third-order valence-corrected chi connectivity index (χ3v) is 4.85. The van der Waals surface area contributed by atoms with Crippen LogP contribution in [0.4, 0.5) is 0 Å². The average molecular weight is 486 g/mol. The number of carbonyl (C=O) groups is 1. The third-order valence-electron chi connectivity index (χ3n) is 4.85. The standard InChI is InChI=1S/C20H30N4O2.HI/c1-4-21-20(23-16-9-10-24(13-16)19(25)14(2)3)22-12-17-11-15-7-5-6-8-18(15)26-17;/h5-8,14,16-17H,4,9-13H2,1-3H3,(H2,21,22,23);1H. The smallest absolute Gasteiger partial charge is 0.225 e. The lowest BCUT2D eigenvalue weighted by Crippen LogP contribution is -2.45. The molecule has 1 fully saturated rings. The normalized spacial score (nSPS) is 21.5. The van der Waals surface area contributed by atoms with Gasteiger partial charge in [0, 0.05) is 38.0 Å². The number of benzene rings is 1. The SMILES string of the molecule is CCNC(=NCC1Cc2ccccc2O1)NC1CCN(C(=O)C(C)C)C1.I. The largest absolute Gasteiger partial charge is 0.488 e. The molecule has 150 valence electrons. The van der Waals surface area contributed by atoms with Crippen molar-refractivity contribution in [2.45, 2.75) is 45.8 Å². The number of rotatable bonds is 5. The number of nitrogens with zero attached hydrogens (tertiary/aromatic N) is 2. The van der Waals surface area contributed by atoms with E-state index in [4.69, 9.17) is 9.73 Å². The molecule has 0 bridgehead atoms. The molecule has 2 unspecified atom stereocenters. The molecule has 0 aliphatic carbocycles. The minimum Gasteiger partial charge on any atom is -0.488 e. The Labute approximate surface area is 179 Å². The molecule has 0 aromatic heterocycles. The van der Waals surface area contributed by atoms with Crippen LogP contribution in [-0.4, -0.2) is 55.1 Å². The van der Waals surface area contributed by atoms with Crippen molar-refractivity contribution >= 4 is 35.8 Å². The number of amides is 1. The van der Waals surface area contributed by atoms with Crippen molar-refractivity contribution in [3.63, 3.8) is 0 Å². The van der Waals surface area contributed by atoms with Crippen LogP contribution in [-0.2, 0) is 11.2 Å². The van der Waals surface area contributed by atoms with E-state index in [1.165, 1.54) is 5.56 Å². The van der Waals surface area contributed by atoms with Crippen molar-refractivity contribution in [2.75, 3.05) is 26.2 Å². The summed E-state index contributed by atoms with van der Waals surface area (Å²) in [6.07, 6.45) is 1.94. The molecule has 7 heteroatoms. The van der Waals surface area contributed by atoms with Gasteiger partial charge in [-0.15, -0.1) is 24.0 Å². The summed E-state index contributed by atoms with van der Waals surface area (Å²) < 4.78 is 5.96. The number of aliphatic imine (C=N–C) groups is 1. The molecule has 1 saturated heterocycles. The Bertz CT molecular complexity index is 640. The minimum atomic E-state index is 0. The van der Waals surface area contributed by atoms with Gasteiger partial charge < -0.3 is 20.3 Å². The Hall–Kier alpha value is -1.51. The molecule has 3 rings (SSSR count). The second-order valence-electron chi connectivity index (χ2n) is 7.34. The van der Waals surface area contributed by atoms with Crippen molar-refractivity contribution in [1.82, 2.24) is 15.5 Å². The van der Waals surface area contributed by atoms with Crippen molar-refractivity contribution in [3.05, 3.63) is 29.8 Å². The number of ether oxygens (including phenoxy) is 1. The predicted molar refractivity (Wildman–Crippen MR) is 119 cm³/mol. The molecule has 1 aromatic carbocycles. The number of para-hydroxylation sites is 1. The molecule has 2 atom stereocenters. The van der Waals surface area contributed by atoms with Crippen molar-refractivity contribution in [2.24, 2.45) is 10.9 Å². The molecule has 1 aromatic rings. The number of carbonyl (C=O) groups excluding carboxylic acids is 1. The van der Waals surface area contributed by atoms with E-state index in [1.54, 1.807) is 0 Å².